The molecular formula is C14H25NO4. The van der Waals surface area contributed by atoms with Crippen molar-refractivity contribution in [3.63, 3.8) is 0 Å². The first-order valence-corrected chi connectivity index (χ1v) is 7.07. The number of carboxylic acids is 1. The van der Waals surface area contributed by atoms with E-state index in [1.807, 2.05) is 0 Å². The Kier molecular flexibility index (Phi) is 10.8. The lowest BCUT2D eigenvalue weighted by Gasteiger charge is -2.13. The quantitative estimate of drug-likeness (QED) is 0.421. The number of unbranched alkanes of at least 4 members (excludes halogenated alkanes) is 5. The number of aldehydes is 1. The van der Waals surface area contributed by atoms with Crippen LogP contribution in [0.1, 0.15) is 64.7 Å². The Balaban J connectivity index is 3.74. The van der Waals surface area contributed by atoms with Gasteiger partial charge in [0.2, 0.25) is 5.91 Å². The molecule has 0 aromatic heterocycles. The van der Waals surface area contributed by atoms with Gasteiger partial charge in [0.05, 0.1) is 0 Å². The van der Waals surface area contributed by atoms with Crippen molar-refractivity contribution in [1.29, 1.82) is 0 Å². The second kappa shape index (κ2) is 11.7. The molecule has 5 nitrogen and oxygen atoms in total. The molecule has 19 heavy (non-hydrogen) atoms. The van der Waals surface area contributed by atoms with E-state index in [1.165, 1.54) is 19.3 Å². The third-order valence-corrected chi connectivity index (χ3v) is 2.96. The smallest absolute Gasteiger partial charge is 0.326 e. The zero-order valence-corrected chi connectivity index (χ0v) is 11.7. The zero-order valence-electron chi connectivity index (χ0n) is 11.7. The molecule has 1 atom stereocenters. The highest BCUT2D eigenvalue weighted by atomic mass is 16.4. The van der Waals surface area contributed by atoms with Gasteiger partial charge in [-0.15, -0.1) is 0 Å². The van der Waals surface area contributed by atoms with Crippen LogP contribution in [-0.4, -0.2) is 29.3 Å². The van der Waals surface area contributed by atoms with E-state index in [0.717, 1.165) is 19.3 Å². The summed E-state index contributed by atoms with van der Waals surface area (Å²) in [6.45, 7) is 2.15. The SMILES string of the molecule is CCCCCCCCC(=O)N[C@@H](CCC=O)C(=O)O. The van der Waals surface area contributed by atoms with Gasteiger partial charge in [-0.25, -0.2) is 4.79 Å². The first-order valence-electron chi connectivity index (χ1n) is 7.07. The van der Waals surface area contributed by atoms with Crippen molar-refractivity contribution < 1.29 is 19.5 Å². The highest BCUT2D eigenvalue weighted by Gasteiger charge is 2.18. The van der Waals surface area contributed by atoms with E-state index >= 15 is 0 Å². The van der Waals surface area contributed by atoms with Crippen LogP contribution in [0.3, 0.4) is 0 Å². The molecule has 0 aromatic carbocycles. The second-order valence-corrected chi connectivity index (χ2v) is 4.72. The number of carboxylic acid groups (broad SMARTS) is 1. The Hall–Kier alpha value is -1.39. The molecule has 0 spiro atoms. The van der Waals surface area contributed by atoms with E-state index in [4.69, 9.17) is 5.11 Å². The van der Waals surface area contributed by atoms with Gasteiger partial charge in [-0.2, -0.15) is 0 Å². The first-order chi connectivity index (χ1) is 9.11. The minimum atomic E-state index is -1.09. The molecule has 0 saturated carbocycles. The summed E-state index contributed by atoms with van der Waals surface area (Å²) in [4.78, 5) is 32.6. The lowest BCUT2D eigenvalue weighted by Crippen LogP contribution is -2.40. The monoisotopic (exact) mass is 271 g/mol. The lowest BCUT2D eigenvalue weighted by atomic mass is 10.1. The Morgan fingerprint density at radius 3 is 2.37 bits per heavy atom. The normalized spacial score (nSPS) is 11.8. The Morgan fingerprint density at radius 2 is 1.79 bits per heavy atom. The largest absolute Gasteiger partial charge is 0.480 e. The minimum absolute atomic E-state index is 0.147. The molecule has 0 radical (unpaired) electrons. The number of hydrogen-bond donors (Lipinski definition) is 2. The van der Waals surface area contributed by atoms with Gasteiger partial charge in [0.1, 0.15) is 12.3 Å². The molecule has 0 unspecified atom stereocenters. The van der Waals surface area contributed by atoms with E-state index < -0.39 is 12.0 Å². The fourth-order valence-corrected chi connectivity index (χ4v) is 1.82. The van der Waals surface area contributed by atoms with Gasteiger partial charge in [0.15, 0.2) is 0 Å². The summed E-state index contributed by atoms with van der Waals surface area (Å²) in [6, 6.07) is -0.946. The highest BCUT2D eigenvalue weighted by molar-refractivity contribution is 5.83. The van der Waals surface area contributed by atoms with Gasteiger partial charge < -0.3 is 15.2 Å². The van der Waals surface area contributed by atoms with Crippen LogP contribution in [0.25, 0.3) is 0 Å². The van der Waals surface area contributed by atoms with Crippen LogP contribution in [-0.2, 0) is 14.4 Å². The molecular weight excluding hydrogens is 246 g/mol. The number of amides is 1. The molecule has 1 amide bonds. The first kappa shape index (κ1) is 17.6. The van der Waals surface area contributed by atoms with Crippen molar-refractivity contribution in [3.05, 3.63) is 0 Å². The summed E-state index contributed by atoms with van der Waals surface area (Å²) in [5, 5.41) is 11.3. The third-order valence-electron chi connectivity index (χ3n) is 2.96. The molecule has 0 aliphatic carbocycles. The van der Waals surface area contributed by atoms with Crippen LogP contribution in [0.5, 0.6) is 0 Å². The summed E-state index contributed by atoms with van der Waals surface area (Å²) in [5.41, 5.74) is 0. The van der Waals surface area contributed by atoms with Crippen molar-refractivity contribution in [2.75, 3.05) is 0 Å². The fourth-order valence-electron chi connectivity index (χ4n) is 1.82. The summed E-state index contributed by atoms with van der Waals surface area (Å²) < 4.78 is 0. The Labute approximate surface area is 114 Å². The molecule has 0 heterocycles. The van der Waals surface area contributed by atoms with Crippen molar-refractivity contribution in [2.24, 2.45) is 0 Å². The van der Waals surface area contributed by atoms with Gasteiger partial charge in [-0.3, -0.25) is 4.79 Å². The maximum absolute atomic E-state index is 11.5. The predicted molar refractivity (Wildman–Crippen MR) is 72.9 cm³/mol. The van der Waals surface area contributed by atoms with Gasteiger partial charge in [-0.1, -0.05) is 39.0 Å². The topological polar surface area (TPSA) is 83.5 Å². The second-order valence-electron chi connectivity index (χ2n) is 4.72. The number of aliphatic carboxylic acids is 1. The lowest BCUT2D eigenvalue weighted by molar-refractivity contribution is -0.142. The number of rotatable bonds is 12. The Bertz CT molecular complexity index is 279. The zero-order chi connectivity index (χ0) is 14.5. The molecule has 0 aromatic rings. The van der Waals surface area contributed by atoms with E-state index in [0.29, 0.717) is 12.7 Å². The van der Waals surface area contributed by atoms with E-state index in [9.17, 15) is 14.4 Å². The average Bonchev–Trinajstić information content (AvgIpc) is 2.38. The van der Waals surface area contributed by atoms with E-state index in [-0.39, 0.29) is 18.7 Å². The standard InChI is InChI=1S/C14H25NO4/c1-2-3-4-5-6-7-10-13(17)15-12(14(18)19)9-8-11-16/h11-12H,2-10H2,1H3,(H,15,17)(H,18,19)/t12-/m0/s1. The van der Waals surface area contributed by atoms with Crippen molar-refractivity contribution in [2.45, 2.75) is 70.8 Å². The van der Waals surface area contributed by atoms with Gasteiger partial charge in [-0.05, 0) is 12.8 Å². The number of nitrogens with one attached hydrogen (secondary N) is 1. The molecule has 2 N–H and O–H groups in total. The van der Waals surface area contributed by atoms with Crippen molar-refractivity contribution in [1.82, 2.24) is 5.32 Å². The van der Waals surface area contributed by atoms with Crippen LogP contribution >= 0.6 is 0 Å². The van der Waals surface area contributed by atoms with Crippen LogP contribution in [0.15, 0.2) is 0 Å². The maximum Gasteiger partial charge on any atom is 0.326 e. The van der Waals surface area contributed by atoms with E-state index in [2.05, 4.69) is 12.2 Å². The van der Waals surface area contributed by atoms with Crippen LogP contribution in [0.4, 0.5) is 0 Å². The number of hydrogen-bond acceptors (Lipinski definition) is 3. The highest BCUT2D eigenvalue weighted by Crippen LogP contribution is 2.07. The molecule has 0 fully saturated rings. The molecule has 0 aliphatic heterocycles. The third kappa shape index (κ3) is 10.2. The Morgan fingerprint density at radius 1 is 1.16 bits per heavy atom. The van der Waals surface area contributed by atoms with Gasteiger partial charge in [0.25, 0.3) is 0 Å². The number of carbonyl (C=O) groups excluding carboxylic acids is 2. The van der Waals surface area contributed by atoms with Crippen LogP contribution in [0.2, 0.25) is 0 Å². The minimum Gasteiger partial charge on any atom is -0.480 e. The molecule has 0 saturated heterocycles. The van der Waals surface area contributed by atoms with Crippen LogP contribution in [0, 0.1) is 0 Å². The molecule has 0 rings (SSSR count). The summed E-state index contributed by atoms with van der Waals surface area (Å²) in [6.07, 6.45) is 7.83. The molecule has 0 aliphatic rings. The molecule has 0 bridgehead atoms. The van der Waals surface area contributed by atoms with Crippen molar-refractivity contribution in [3.8, 4) is 0 Å². The van der Waals surface area contributed by atoms with Crippen LogP contribution < -0.4 is 5.32 Å². The summed E-state index contributed by atoms with van der Waals surface area (Å²) in [5.74, 6) is -1.33. The molecule has 110 valence electrons. The summed E-state index contributed by atoms with van der Waals surface area (Å²) in [7, 11) is 0. The summed E-state index contributed by atoms with van der Waals surface area (Å²) >= 11 is 0. The number of carbonyl (C=O) groups is 3. The fraction of sp³-hybridized carbons (Fsp3) is 0.786. The van der Waals surface area contributed by atoms with E-state index in [1.54, 1.807) is 0 Å². The molecule has 5 heteroatoms. The van der Waals surface area contributed by atoms with Crippen molar-refractivity contribution >= 4 is 18.2 Å². The van der Waals surface area contributed by atoms with Gasteiger partial charge in [0, 0.05) is 12.8 Å². The van der Waals surface area contributed by atoms with Gasteiger partial charge >= 0.3 is 5.97 Å². The average molecular weight is 271 g/mol. The maximum atomic E-state index is 11.5. The predicted octanol–water partition coefficient (Wildman–Crippen LogP) is 2.29.